The van der Waals surface area contributed by atoms with Crippen LogP contribution in [0.2, 0.25) is 0 Å². The minimum atomic E-state index is -0.460. The fraction of sp³-hybridized carbons (Fsp3) is 0.647. The number of nitrogens with one attached hydrogen (secondary N) is 1. The summed E-state index contributed by atoms with van der Waals surface area (Å²) >= 11 is 0. The van der Waals surface area contributed by atoms with E-state index in [4.69, 9.17) is 4.74 Å². The van der Waals surface area contributed by atoms with E-state index in [0.29, 0.717) is 18.6 Å². The van der Waals surface area contributed by atoms with Crippen molar-refractivity contribution in [2.75, 3.05) is 19.7 Å². The number of aryl methyl sites for hydroxylation is 2. The van der Waals surface area contributed by atoms with Gasteiger partial charge in [-0.3, -0.25) is 0 Å². The van der Waals surface area contributed by atoms with Gasteiger partial charge in [0.2, 0.25) is 0 Å². The van der Waals surface area contributed by atoms with E-state index in [1.807, 2.05) is 26.0 Å². The standard InChI is InChI=1S/C17H27NO2/c1-13-5-6-14(2)16(9-13)20-11-15(19)10-18-12-17(3)7-4-8-17/h5-6,9,15,18-19H,4,7-8,10-12H2,1-3H3. The summed E-state index contributed by atoms with van der Waals surface area (Å²) < 4.78 is 5.71. The first-order chi connectivity index (χ1) is 9.48. The van der Waals surface area contributed by atoms with Gasteiger partial charge in [-0.05, 0) is 49.3 Å². The summed E-state index contributed by atoms with van der Waals surface area (Å²) in [4.78, 5) is 0. The molecule has 1 saturated carbocycles. The van der Waals surface area contributed by atoms with Crippen molar-refractivity contribution in [1.29, 1.82) is 0 Å². The maximum atomic E-state index is 9.97. The van der Waals surface area contributed by atoms with Crippen molar-refractivity contribution in [2.45, 2.75) is 46.1 Å². The van der Waals surface area contributed by atoms with Crippen molar-refractivity contribution in [3.8, 4) is 5.75 Å². The lowest BCUT2D eigenvalue weighted by Gasteiger charge is -2.38. The Kier molecular flexibility index (Phi) is 5.06. The topological polar surface area (TPSA) is 41.5 Å². The highest BCUT2D eigenvalue weighted by atomic mass is 16.5. The lowest BCUT2D eigenvalue weighted by molar-refractivity contribution is 0.0943. The Morgan fingerprint density at radius 3 is 2.75 bits per heavy atom. The number of benzene rings is 1. The molecule has 1 aliphatic rings. The zero-order chi connectivity index (χ0) is 14.6. The van der Waals surface area contributed by atoms with Crippen LogP contribution < -0.4 is 10.1 Å². The lowest BCUT2D eigenvalue weighted by Crippen LogP contribution is -2.41. The quantitative estimate of drug-likeness (QED) is 0.805. The molecule has 20 heavy (non-hydrogen) atoms. The minimum absolute atomic E-state index is 0.341. The van der Waals surface area contributed by atoms with Crippen LogP contribution in [0.5, 0.6) is 5.75 Å². The van der Waals surface area contributed by atoms with Crippen molar-refractivity contribution >= 4 is 0 Å². The van der Waals surface area contributed by atoms with Gasteiger partial charge in [-0.15, -0.1) is 0 Å². The first-order valence-corrected chi connectivity index (χ1v) is 7.57. The van der Waals surface area contributed by atoms with Gasteiger partial charge in [0.1, 0.15) is 18.5 Å². The number of hydrogen-bond donors (Lipinski definition) is 2. The second-order valence-corrected chi connectivity index (χ2v) is 6.53. The Bertz CT molecular complexity index is 441. The zero-order valence-corrected chi connectivity index (χ0v) is 12.9. The number of aliphatic hydroxyl groups is 1. The van der Waals surface area contributed by atoms with Gasteiger partial charge >= 0.3 is 0 Å². The van der Waals surface area contributed by atoms with E-state index in [1.54, 1.807) is 0 Å². The van der Waals surface area contributed by atoms with Crippen molar-refractivity contribution in [1.82, 2.24) is 5.32 Å². The fourth-order valence-corrected chi connectivity index (χ4v) is 2.61. The molecule has 0 bridgehead atoms. The molecule has 0 aliphatic heterocycles. The average Bonchev–Trinajstić information content (AvgIpc) is 2.38. The normalized spacial score (nSPS) is 18.4. The van der Waals surface area contributed by atoms with Crippen LogP contribution in [-0.4, -0.2) is 30.9 Å². The van der Waals surface area contributed by atoms with E-state index in [-0.39, 0.29) is 0 Å². The van der Waals surface area contributed by atoms with E-state index >= 15 is 0 Å². The summed E-state index contributed by atoms with van der Waals surface area (Å²) in [6.45, 7) is 8.31. The molecule has 3 nitrogen and oxygen atoms in total. The summed E-state index contributed by atoms with van der Waals surface area (Å²) in [5.41, 5.74) is 2.74. The predicted octanol–water partition coefficient (Wildman–Crippen LogP) is 2.82. The molecule has 0 heterocycles. The number of aliphatic hydroxyl groups excluding tert-OH is 1. The summed E-state index contributed by atoms with van der Waals surface area (Å²) in [5.74, 6) is 0.870. The fourth-order valence-electron chi connectivity index (χ4n) is 2.61. The molecule has 3 heteroatoms. The third-order valence-electron chi connectivity index (χ3n) is 4.27. The Hall–Kier alpha value is -1.06. The van der Waals surface area contributed by atoms with Crippen LogP contribution >= 0.6 is 0 Å². The van der Waals surface area contributed by atoms with E-state index in [2.05, 4.69) is 18.3 Å². The van der Waals surface area contributed by atoms with Crippen LogP contribution in [0.25, 0.3) is 0 Å². The maximum absolute atomic E-state index is 9.97. The van der Waals surface area contributed by atoms with Crippen molar-refractivity contribution < 1.29 is 9.84 Å². The highest BCUT2D eigenvalue weighted by Gasteiger charge is 2.31. The van der Waals surface area contributed by atoms with Crippen LogP contribution in [0.3, 0.4) is 0 Å². The third kappa shape index (κ3) is 4.22. The molecule has 0 saturated heterocycles. The van der Waals surface area contributed by atoms with E-state index in [1.165, 1.54) is 24.8 Å². The second kappa shape index (κ2) is 6.59. The highest BCUT2D eigenvalue weighted by Crippen LogP contribution is 2.39. The molecule has 0 amide bonds. The summed E-state index contributed by atoms with van der Waals surface area (Å²) in [7, 11) is 0. The Morgan fingerprint density at radius 1 is 1.35 bits per heavy atom. The van der Waals surface area contributed by atoms with E-state index in [9.17, 15) is 5.11 Å². The number of hydrogen-bond acceptors (Lipinski definition) is 3. The van der Waals surface area contributed by atoms with E-state index in [0.717, 1.165) is 17.9 Å². The minimum Gasteiger partial charge on any atom is -0.491 e. The summed E-state index contributed by atoms with van der Waals surface area (Å²) in [6, 6.07) is 6.14. The average molecular weight is 277 g/mol. The highest BCUT2D eigenvalue weighted by molar-refractivity contribution is 5.35. The van der Waals surface area contributed by atoms with Gasteiger partial charge in [0.25, 0.3) is 0 Å². The monoisotopic (exact) mass is 277 g/mol. The molecule has 2 rings (SSSR count). The smallest absolute Gasteiger partial charge is 0.122 e. The first-order valence-electron chi connectivity index (χ1n) is 7.57. The molecule has 112 valence electrons. The van der Waals surface area contributed by atoms with Crippen LogP contribution in [0.1, 0.15) is 37.3 Å². The molecule has 2 N–H and O–H groups in total. The molecule has 0 aromatic heterocycles. The van der Waals surface area contributed by atoms with Gasteiger partial charge in [-0.1, -0.05) is 25.5 Å². The lowest BCUT2D eigenvalue weighted by atomic mass is 9.70. The van der Waals surface area contributed by atoms with Gasteiger partial charge in [0.05, 0.1) is 0 Å². The summed E-state index contributed by atoms with van der Waals surface area (Å²) in [5, 5.41) is 13.3. The largest absolute Gasteiger partial charge is 0.491 e. The Labute approximate surface area is 122 Å². The van der Waals surface area contributed by atoms with Gasteiger partial charge in [0, 0.05) is 13.1 Å². The Morgan fingerprint density at radius 2 is 2.10 bits per heavy atom. The molecule has 1 aromatic carbocycles. The van der Waals surface area contributed by atoms with Crippen LogP contribution in [0.15, 0.2) is 18.2 Å². The first kappa shape index (κ1) is 15.3. The number of rotatable bonds is 7. The second-order valence-electron chi connectivity index (χ2n) is 6.53. The van der Waals surface area contributed by atoms with Gasteiger partial charge in [-0.2, -0.15) is 0 Å². The molecule has 0 spiro atoms. The summed E-state index contributed by atoms with van der Waals surface area (Å²) in [6.07, 6.45) is 3.49. The van der Waals surface area contributed by atoms with Crippen molar-refractivity contribution in [3.63, 3.8) is 0 Å². The van der Waals surface area contributed by atoms with Crippen LogP contribution in [0, 0.1) is 19.3 Å². The molecule has 1 aliphatic carbocycles. The molecular weight excluding hydrogens is 250 g/mol. The van der Waals surface area contributed by atoms with Gasteiger partial charge in [-0.25, -0.2) is 0 Å². The Balaban J connectivity index is 1.69. The molecule has 1 unspecified atom stereocenters. The molecule has 1 aromatic rings. The van der Waals surface area contributed by atoms with Gasteiger partial charge < -0.3 is 15.2 Å². The van der Waals surface area contributed by atoms with E-state index < -0.39 is 6.10 Å². The van der Waals surface area contributed by atoms with Crippen LogP contribution in [0.4, 0.5) is 0 Å². The molecule has 1 atom stereocenters. The predicted molar refractivity (Wildman–Crippen MR) is 82.2 cm³/mol. The molecule has 1 fully saturated rings. The third-order valence-corrected chi connectivity index (χ3v) is 4.27. The number of ether oxygens (including phenoxy) is 1. The zero-order valence-electron chi connectivity index (χ0n) is 12.9. The van der Waals surface area contributed by atoms with Crippen molar-refractivity contribution in [3.05, 3.63) is 29.3 Å². The SMILES string of the molecule is Cc1ccc(C)c(OCC(O)CNCC2(C)CCC2)c1. The van der Waals surface area contributed by atoms with Gasteiger partial charge in [0.15, 0.2) is 0 Å². The molecule has 0 radical (unpaired) electrons. The maximum Gasteiger partial charge on any atom is 0.122 e. The van der Waals surface area contributed by atoms with Crippen molar-refractivity contribution in [2.24, 2.45) is 5.41 Å². The molecular formula is C17H27NO2. The van der Waals surface area contributed by atoms with Crippen LogP contribution in [-0.2, 0) is 0 Å².